The Morgan fingerprint density at radius 3 is 2.25 bits per heavy atom. The molecule has 0 aromatic carbocycles. The minimum absolute atomic E-state index is 0.0884. The molecule has 7 heteroatoms. The van der Waals surface area contributed by atoms with E-state index >= 15 is 0 Å². The highest BCUT2D eigenvalue weighted by Gasteiger charge is 2.17. The fourth-order valence-electron chi connectivity index (χ4n) is 1.74. The summed E-state index contributed by atoms with van der Waals surface area (Å²) in [4.78, 5) is 14.5. The van der Waals surface area contributed by atoms with Gasteiger partial charge in [0.05, 0.1) is 6.10 Å². The molecule has 0 fully saturated rings. The van der Waals surface area contributed by atoms with Gasteiger partial charge in [0, 0.05) is 27.7 Å². The number of anilines is 3. The summed E-state index contributed by atoms with van der Waals surface area (Å²) >= 11 is 0. The van der Waals surface area contributed by atoms with Crippen LogP contribution in [0, 0.1) is 5.41 Å². The molecule has 1 atom stereocenters. The van der Waals surface area contributed by atoms with Crippen LogP contribution in [0.1, 0.15) is 27.2 Å². The maximum atomic E-state index is 9.99. The Kier molecular flexibility index (Phi) is 5.50. The van der Waals surface area contributed by atoms with Crippen molar-refractivity contribution in [3.63, 3.8) is 0 Å². The molecule has 0 aliphatic carbocycles. The second kappa shape index (κ2) is 6.69. The Bertz CT molecular complexity index is 429. The minimum atomic E-state index is -0.437. The molecule has 1 heterocycles. The molecule has 1 unspecified atom stereocenters. The average molecular weight is 282 g/mol. The predicted molar refractivity (Wildman–Crippen MR) is 82.3 cm³/mol. The fraction of sp³-hybridized carbons (Fsp3) is 0.769. The summed E-state index contributed by atoms with van der Waals surface area (Å²) in [6.07, 6.45) is 0.275. The molecular weight excluding hydrogens is 256 g/mol. The lowest BCUT2D eigenvalue weighted by molar-refractivity contribution is 0.132. The van der Waals surface area contributed by atoms with E-state index in [0.29, 0.717) is 30.8 Å². The van der Waals surface area contributed by atoms with E-state index in [1.165, 1.54) is 0 Å². The predicted octanol–water partition coefficient (Wildman–Crippen LogP) is 1.19. The van der Waals surface area contributed by atoms with Gasteiger partial charge in [-0.1, -0.05) is 20.8 Å². The van der Waals surface area contributed by atoms with Crippen LogP contribution >= 0.6 is 0 Å². The molecule has 0 aliphatic rings. The van der Waals surface area contributed by atoms with Crippen LogP contribution in [-0.4, -0.2) is 53.9 Å². The summed E-state index contributed by atoms with van der Waals surface area (Å²) in [6.45, 7) is 6.71. The molecule has 0 radical (unpaired) electrons. The first-order valence-electron chi connectivity index (χ1n) is 6.74. The topological polar surface area (TPSA) is 86.2 Å². The molecule has 1 aromatic heterocycles. The van der Waals surface area contributed by atoms with E-state index in [9.17, 15) is 5.11 Å². The zero-order chi connectivity index (χ0) is 15.3. The number of hydrogen-bond donors (Lipinski definition) is 3. The standard InChI is InChI=1S/C13H26N6O/c1-13(2,3)7-9(20)8-15-11-16-10(14-4)17-12(18-11)19(5)6/h9,20H,7-8H2,1-6H3,(H2,14,15,16,17,18). The molecule has 20 heavy (non-hydrogen) atoms. The van der Waals surface area contributed by atoms with Crippen LogP contribution in [0.25, 0.3) is 0 Å². The third-order valence-corrected chi connectivity index (χ3v) is 2.59. The monoisotopic (exact) mass is 282 g/mol. The van der Waals surface area contributed by atoms with Crippen LogP contribution in [0.5, 0.6) is 0 Å². The summed E-state index contributed by atoms with van der Waals surface area (Å²) in [7, 11) is 5.49. The van der Waals surface area contributed by atoms with E-state index in [2.05, 4.69) is 46.4 Å². The van der Waals surface area contributed by atoms with Gasteiger partial charge >= 0.3 is 0 Å². The quantitative estimate of drug-likeness (QED) is 0.722. The number of nitrogens with one attached hydrogen (secondary N) is 2. The molecule has 3 N–H and O–H groups in total. The molecule has 0 saturated carbocycles. The maximum absolute atomic E-state index is 9.99. The van der Waals surface area contributed by atoms with E-state index in [1.54, 1.807) is 11.9 Å². The number of hydrogen-bond acceptors (Lipinski definition) is 7. The van der Waals surface area contributed by atoms with Gasteiger partial charge in [-0.3, -0.25) is 0 Å². The van der Waals surface area contributed by atoms with Gasteiger partial charge in [-0.15, -0.1) is 0 Å². The van der Waals surface area contributed by atoms with Crippen LogP contribution in [0.3, 0.4) is 0 Å². The largest absolute Gasteiger partial charge is 0.391 e. The lowest BCUT2D eigenvalue weighted by Crippen LogP contribution is -2.26. The van der Waals surface area contributed by atoms with Crippen molar-refractivity contribution >= 4 is 17.8 Å². The van der Waals surface area contributed by atoms with E-state index in [0.717, 1.165) is 0 Å². The third kappa shape index (κ3) is 5.56. The fourth-order valence-corrected chi connectivity index (χ4v) is 1.74. The lowest BCUT2D eigenvalue weighted by Gasteiger charge is -2.22. The first-order chi connectivity index (χ1) is 9.21. The van der Waals surface area contributed by atoms with E-state index in [1.807, 2.05) is 14.1 Å². The highest BCUT2D eigenvalue weighted by molar-refractivity contribution is 5.42. The summed E-state index contributed by atoms with van der Waals surface area (Å²) in [5.41, 5.74) is 0.0884. The van der Waals surface area contributed by atoms with Gasteiger partial charge in [-0.05, 0) is 11.8 Å². The molecule has 0 spiro atoms. The first-order valence-corrected chi connectivity index (χ1v) is 6.74. The van der Waals surface area contributed by atoms with Crippen molar-refractivity contribution in [3.05, 3.63) is 0 Å². The van der Waals surface area contributed by atoms with Crippen molar-refractivity contribution in [1.82, 2.24) is 15.0 Å². The smallest absolute Gasteiger partial charge is 0.231 e. The number of rotatable bonds is 6. The van der Waals surface area contributed by atoms with Crippen LogP contribution in [0.2, 0.25) is 0 Å². The second-order valence-electron chi connectivity index (χ2n) is 6.23. The Labute approximate surface area is 120 Å². The minimum Gasteiger partial charge on any atom is -0.391 e. The molecule has 0 amide bonds. The van der Waals surface area contributed by atoms with Crippen molar-refractivity contribution in [3.8, 4) is 0 Å². The summed E-state index contributed by atoms with van der Waals surface area (Å²) in [5, 5.41) is 15.9. The van der Waals surface area contributed by atoms with Gasteiger partial charge in [0.2, 0.25) is 17.8 Å². The van der Waals surface area contributed by atoms with E-state index in [-0.39, 0.29) is 5.41 Å². The van der Waals surface area contributed by atoms with E-state index in [4.69, 9.17) is 0 Å². The molecule has 1 rings (SSSR count). The zero-order valence-electron chi connectivity index (χ0n) is 13.2. The molecule has 0 saturated heterocycles. The van der Waals surface area contributed by atoms with E-state index < -0.39 is 6.10 Å². The number of aliphatic hydroxyl groups excluding tert-OH is 1. The normalized spacial score (nSPS) is 12.9. The van der Waals surface area contributed by atoms with Crippen molar-refractivity contribution < 1.29 is 5.11 Å². The number of nitrogens with zero attached hydrogens (tertiary/aromatic N) is 4. The highest BCUT2D eigenvalue weighted by atomic mass is 16.3. The SMILES string of the molecule is CNc1nc(NCC(O)CC(C)(C)C)nc(N(C)C)n1. The molecule has 0 bridgehead atoms. The summed E-state index contributed by atoms with van der Waals surface area (Å²) < 4.78 is 0. The summed E-state index contributed by atoms with van der Waals surface area (Å²) in [5.74, 6) is 1.52. The Morgan fingerprint density at radius 2 is 1.75 bits per heavy atom. The highest BCUT2D eigenvalue weighted by Crippen LogP contribution is 2.21. The molecule has 7 nitrogen and oxygen atoms in total. The molecule has 0 aliphatic heterocycles. The van der Waals surface area contributed by atoms with Crippen LogP contribution < -0.4 is 15.5 Å². The van der Waals surface area contributed by atoms with Crippen LogP contribution in [0.4, 0.5) is 17.8 Å². The summed E-state index contributed by atoms with van der Waals surface area (Å²) in [6, 6.07) is 0. The van der Waals surface area contributed by atoms with Gasteiger partial charge in [0.15, 0.2) is 0 Å². The second-order valence-corrected chi connectivity index (χ2v) is 6.23. The maximum Gasteiger partial charge on any atom is 0.231 e. The lowest BCUT2D eigenvalue weighted by atomic mass is 9.89. The van der Waals surface area contributed by atoms with Gasteiger partial charge in [0.1, 0.15) is 0 Å². The Balaban J connectivity index is 2.70. The Hall–Kier alpha value is -1.63. The van der Waals surface area contributed by atoms with Gasteiger partial charge in [-0.25, -0.2) is 0 Å². The average Bonchev–Trinajstić information content (AvgIpc) is 2.33. The van der Waals surface area contributed by atoms with Crippen molar-refractivity contribution in [2.75, 3.05) is 43.2 Å². The third-order valence-electron chi connectivity index (χ3n) is 2.59. The number of aromatic nitrogens is 3. The Morgan fingerprint density at radius 1 is 1.15 bits per heavy atom. The first kappa shape index (κ1) is 16.4. The zero-order valence-corrected chi connectivity index (χ0v) is 13.2. The molecule has 1 aromatic rings. The van der Waals surface area contributed by atoms with Crippen molar-refractivity contribution in [2.45, 2.75) is 33.3 Å². The van der Waals surface area contributed by atoms with Crippen LogP contribution in [0.15, 0.2) is 0 Å². The van der Waals surface area contributed by atoms with Crippen molar-refractivity contribution in [2.24, 2.45) is 5.41 Å². The van der Waals surface area contributed by atoms with Gasteiger partial charge in [0.25, 0.3) is 0 Å². The molecule has 114 valence electrons. The number of aliphatic hydroxyl groups is 1. The molecular formula is C13H26N6O. The van der Waals surface area contributed by atoms with Gasteiger partial charge < -0.3 is 20.6 Å². The van der Waals surface area contributed by atoms with Crippen LogP contribution in [-0.2, 0) is 0 Å². The van der Waals surface area contributed by atoms with Crippen molar-refractivity contribution in [1.29, 1.82) is 0 Å². The van der Waals surface area contributed by atoms with Gasteiger partial charge in [-0.2, -0.15) is 15.0 Å².